The number of aromatic nitrogens is 12. The zero-order valence-corrected chi connectivity index (χ0v) is 32.3. The molecule has 0 atom stereocenters. The molecule has 0 aliphatic carbocycles. The lowest BCUT2D eigenvalue weighted by Crippen LogP contribution is -2.18. The zero-order valence-electron chi connectivity index (χ0n) is 32.3. The molecule has 0 bridgehead atoms. The average molecular weight is 871 g/mol. The van der Waals surface area contributed by atoms with E-state index in [9.17, 15) is 35.9 Å². The van der Waals surface area contributed by atoms with Crippen LogP contribution in [0.2, 0.25) is 0 Å². The van der Waals surface area contributed by atoms with Crippen molar-refractivity contribution in [3.8, 4) is 24.0 Å². The normalized spacial score (nSPS) is 11.8. The summed E-state index contributed by atoms with van der Waals surface area (Å²) in [6, 6.07) is 23.6. The Balaban J connectivity index is 0.000000162. The minimum Gasteiger partial charge on any atom is -0.303 e. The fraction of sp³-hybridized carbons (Fsp3) is 0.0952. The summed E-state index contributed by atoms with van der Waals surface area (Å²) in [5, 5.41) is 18.2. The predicted octanol–water partition coefficient (Wildman–Crippen LogP) is 6.79. The lowest BCUT2D eigenvalue weighted by Gasteiger charge is -2.09. The van der Waals surface area contributed by atoms with Crippen LogP contribution >= 0.6 is 0 Å². The highest BCUT2D eigenvalue weighted by molar-refractivity contribution is 5.80. The van der Waals surface area contributed by atoms with Crippen LogP contribution in [0.3, 0.4) is 0 Å². The smallest absolute Gasteiger partial charge is 0.303 e. The SMILES string of the molecule is N#Cc1ccc2c(c1)ncn2-c1ncc2[nH]c(=O)n(Cc3cccc(C(F)(F)F)c3)c2n1.N#Cc1ccc2ncn(-c3ncc4[nH]c(=O)n(Cc5cccc(C(F)(F)F)c5)c4n3)c2c1. The Hall–Kier alpha value is -8.92. The summed E-state index contributed by atoms with van der Waals surface area (Å²) in [6.45, 7) is -0.210. The van der Waals surface area contributed by atoms with Crippen LogP contribution in [0.4, 0.5) is 26.3 Å². The van der Waals surface area contributed by atoms with Crippen molar-refractivity contribution in [3.05, 3.63) is 164 Å². The van der Waals surface area contributed by atoms with Crippen molar-refractivity contribution in [1.82, 2.24) is 58.1 Å². The number of benzene rings is 4. The fourth-order valence-corrected chi connectivity index (χ4v) is 6.93. The van der Waals surface area contributed by atoms with Gasteiger partial charge in [0.25, 0.3) is 0 Å². The van der Waals surface area contributed by atoms with Gasteiger partial charge in [0.05, 0.1) is 81.9 Å². The van der Waals surface area contributed by atoms with Crippen LogP contribution in [0.15, 0.2) is 120 Å². The molecule has 10 aromatic rings. The van der Waals surface area contributed by atoms with Gasteiger partial charge < -0.3 is 9.97 Å². The number of rotatable bonds is 6. The molecule has 0 spiro atoms. The summed E-state index contributed by atoms with van der Waals surface area (Å²) in [5.41, 5.74) is 2.50. The van der Waals surface area contributed by atoms with Gasteiger partial charge in [0, 0.05) is 0 Å². The van der Waals surface area contributed by atoms with E-state index >= 15 is 0 Å². The first-order valence-corrected chi connectivity index (χ1v) is 18.7. The quantitative estimate of drug-likeness (QED) is 0.167. The molecule has 16 nitrogen and oxygen atoms in total. The highest BCUT2D eigenvalue weighted by atomic mass is 19.4. The number of halogens is 6. The Kier molecular flexibility index (Phi) is 9.82. The van der Waals surface area contributed by atoms with Crippen molar-refractivity contribution in [2.75, 3.05) is 0 Å². The first-order valence-electron chi connectivity index (χ1n) is 18.7. The van der Waals surface area contributed by atoms with E-state index < -0.39 is 34.9 Å². The molecule has 4 aromatic carbocycles. The maximum absolute atomic E-state index is 13.0. The van der Waals surface area contributed by atoms with Crippen LogP contribution in [-0.4, -0.2) is 58.1 Å². The Morgan fingerprint density at radius 2 is 1.05 bits per heavy atom. The van der Waals surface area contributed by atoms with Crippen LogP contribution in [0.5, 0.6) is 0 Å². The molecule has 6 heterocycles. The third-order valence-electron chi connectivity index (χ3n) is 9.97. The lowest BCUT2D eigenvalue weighted by atomic mass is 10.1. The minimum atomic E-state index is -4.48. The lowest BCUT2D eigenvalue weighted by molar-refractivity contribution is -0.138. The number of nitriles is 2. The van der Waals surface area contributed by atoms with Gasteiger partial charge in [-0.1, -0.05) is 24.3 Å². The number of H-pyrrole nitrogens is 2. The van der Waals surface area contributed by atoms with E-state index in [-0.39, 0.29) is 36.3 Å². The van der Waals surface area contributed by atoms with Gasteiger partial charge >= 0.3 is 23.7 Å². The van der Waals surface area contributed by atoms with E-state index in [2.05, 4.69) is 45.9 Å². The summed E-state index contributed by atoms with van der Waals surface area (Å²) in [4.78, 5) is 56.1. The molecule has 0 saturated heterocycles. The molecule has 0 saturated carbocycles. The van der Waals surface area contributed by atoms with Crippen molar-refractivity contribution in [3.63, 3.8) is 0 Å². The number of imidazole rings is 4. The number of nitrogens with zero attached hydrogens (tertiary/aromatic N) is 12. The molecule has 0 amide bonds. The molecule has 0 fully saturated rings. The topological polar surface area (TPSA) is 210 Å². The monoisotopic (exact) mass is 870 g/mol. The molecule has 64 heavy (non-hydrogen) atoms. The number of hydrogen-bond acceptors (Lipinski definition) is 10. The summed E-state index contributed by atoms with van der Waals surface area (Å²) in [7, 11) is 0. The molecule has 0 aliphatic heterocycles. The maximum Gasteiger partial charge on any atom is 0.416 e. The van der Waals surface area contributed by atoms with E-state index in [1.807, 2.05) is 6.07 Å². The largest absolute Gasteiger partial charge is 0.416 e. The Labute approximate surface area is 352 Å². The van der Waals surface area contributed by atoms with Crippen LogP contribution in [0, 0.1) is 22.7 Å². The number of aromatic amines is 2. The number of hydrogen-bond donors (Lipinski definition) is 2. The number of fused-ring (bicyclic) bond motifs is 4. The predicted molar refractivity (Wildman–Crippen MR) is 216 cm³/mol. The molecule has 0 unspecified atom stereocenters. The number of alkyl halides is 6. The zero-order chi connectivity index (χ0) is 44.9. The second-order valence-electron chi connectivity index (χ2n) is 14.1. The molecular weight excluding hydrogens is 847 g/mol. The van der Waals surface area contributed by atoms with Crippen LogP contribution in [-0.2, 0) is 25.4 Å². The summed E-state index contributed by atoms with van der Waals surface area (Å²) in [5.74, 6) is 0.424. The molecule has 0 radical (unpaired) electrons. The standard InChI is InChI=1S/2C21H12F3N7O/c22-21(23,24)14-3-1-2-13(6-14)10-30-18-16(28-20(30)32)9-26-19(29-18)31-11-27-15-7-12(8-25)4-5-17(15)31;22-21(23,24)14-3-1-2-13(6-14)10-30-18-16(28-20(30)32)9-26-19(29-18)31-11-27-15-5-4-12(8-25)7-17(15)31/h2*1-7,9,11H,10H2,(H,28,32). The van der Waals surface area contributed by atoms with E-state index in [0.29, 0.717) is 55.4 Å². The van der Waals surface area contributed by atoms with E-state index in [0.717, 1.165) is 24.3 Å². The van der Waals surface area contributed by atoms with Crippen molar-refractivity contribution in [2.24, 2.45) is 0 Å². The summed E-state index contributed by atoms with van der Waals surface area (Å²) in [6.07, 6.45) is -3.13. The molecule has 6 aromatic heterocycles. The van der Waals surface area contributed by atoms with Crippen LogP contribution < -0.4 is 11.4 Å². The average Bonchev–Trinajstić information content (AvgIpc) is 4.05. The fourth-order valence-electron chi connectivity index (χ4n) is 6.93. The molecule has 316 valence electrons. The molecule has 0 aliphatic rings. The first-order chi connectivity index (χ1) is 30.7. The van der Waals surface area contributed by atoms with Crippen molar-refractivity contribution >= 4 is 44.4 Å². The van der Waals surface area contributed by atoms with Gasteiger partial charge in [-0.2, -0.15) is 46.8 Å². The van der Waals surface area contributed by atoms with Crippen LogP contribution in [0.1, 0.15) is 33.4 Å². The van der Waals surface area contributed by atoms with Gasteiger partial charge in [0.1, 0.15) is 23.7 Å². The maximum atomic E-state index is 13.0. The molecule has 22 heteroatoms. The van der Waals surface area contributed by atoms with Crippen molar-refractivity contribution in [1.29, 1.82) is 10.5 Å². The van der Waals surface area contributed by atoms with E-state index in [1.165, 1.54) is 58.4 Å². The van der Waals surface area contributed by atoms with Gasteiger partial charge in [-0.05, 0) is 71.8 Å². The third-order valence-corrected chi connectivity index (χ3v) is 9.97. The molecule has 10 rings (SSSR count). The number of nitrogens with one attached hydrogen (secondary N) is 2. The molecule has 2 N–H and O–H groups in total. The van der Waals surface area contributed by atoms with Gasteiger partial charge in [-0.25, -0.2) is 29.5 Å². The van der Waals surface area contributed by atoms with Gasteiger partial charge in [0.15, 0.2) is 11.3 Å². The van der Waals surface area contributed by atoms with Gasteiger partial charge in [0.2, 0.25) is 11.9 Å². The highest BCUT2D eigenvalue weighted by Gasteiger charge is 2.31. The second-order valence-corrected chi connectivity index (χ2v) is 14.1. The van der Waals surface area contributed by atoms with Gasteiger partial charge in [-0.15, -0.1) is 0 Å². The first kappa shape index (κ1) is 40.5. The Bertz CT molecular complexity index is 3650. The highest BCUT2D eigenvalue weighted by Crippen LogP contribution is 2.31. The van der Waals surface area contributed by atoms with E-state index in [1.54, 1.807) is 45.5 Å². The van der Waals surface area contributed by atoms with Crippen molar-refractivity contribution < 1.29 is 26.3 Å². The second kappa shape index (κ2) is 15.5. The summed E-state index contributed by atoms with van der Waals surface area (Å²) < 4.78 is 83.9. The van der Waals surface area contributed by atoms with E-state index in [4.69, 9.17) is 10.5 Å². The third kappa shape index (κ3) is 7.66. The van der Waals surface area contributed by atoms with Crippen LogP contribution in [0.25, 0.3) is 56.3 Å². The Morgan fingerprint density at radius 3 is 1.56 bits per heavy atom. The van der Waals surface area contributed by atoms with Crippen molar-refractivity contribution in [2.45, 2.75) is 25.4 Å². The van der Waals surface area contributed by atoms with Gasteiger partial charge in [-0.3, -0.25) is 18.3 Å². The molecular formula is C42H24F6N14O2. The summed E-state index contributed by atoms with van der Waals surface area (Å²) >= 11 is 0. The minimum absolute atomic E-state index is 0.102. The Morgan fingerprint density at radius 1 is 0.562 bits per heavy atom.